The van der Waals surface area contributed by atoms with E-state index in [-0.39, 0.29) is 0 Å². The first-order chi connectivity index (χ1) is 9.79. The molecule has 2 rings (SSSR count). The lowest BCUT2D eigenvalue weighted by Gasteiger charge is -2.13. The Kier molecular flexibility index (Phi) is 3.79. The van der Waals surface area contributed by atoms with Crippen molar-refractivity contribution in [2.24, 2.45) is 0 Å². The van der Waals surface area contributed by atoms with Crippen molar-refractivity contribution < 1.29 is 32.2 Å². The number of carboxylic acids is 1. The molecule has 4 nitrogen and oxygen atoms in total. The molecule has 0 aliphatic rings. The standard InChI is InChI=1S/C13H7F4NO3/c14-7-5-8(12(19)20)11(18-6-7)21-10-4-2-1-3-9(10)13(15,16)17/h1-6H,(H,19,20). The van der Waals surface area contributed by atoms with E-state index in [4.69, 9.17) is 9.84 Å². The highest BCUT2D eigenvalue weighted by Crippen LogP contribution is 2.38. The third-order valence-electron chi connectivity index (χ3n) is 2.45. The second kappa shape index (κ2) is 5.39. The van der Waals surface area contributed by atoms with E-state index in [9.17, 15) is 22.4 Å². The number of carboxylic acid groups (broad SMARTS) is 1. The molecule has 1 aromatic heterocycles. The number of ether oxygens (including phenoxy) is 1. The van der Waals surface area contributed by atoms with E-state index in [0.717, 1.165) is 18.2 Å². The molecule has 1 N–H and O–H groups in total. The van der Waals surface area contributed by atoms with Crippen molar-refractivity contribution in [2.45, 2.75) is 6.18 Å². The molecule has 0 amide bonds. The van der Waals surface area contributed by atoms with Gasteiger partial charge in [-0.15, -0.1) is 0 Å². The highest BCUT2D eigenvalue weighted by molar-refractivity contribution is 5.90. The zero-order valence-corrected chi connectivity index (χ0v) is 10.2. The average Bonchev–Trinajstić information content (AvgIpc) is 2.40. The van der Waals surface area contributed by atoms with Gasteiger partial charge in [-0.3, -0.25) is 0 Å². The van der Waals surface area contributed by atoms with Crippen LogP contribution in [0.1, 0.15) is 15.9 Å². The summed E-state index contributed by atoms with van der Waals surface area (Å²) in [7, 11) is 0. The van der Waals surface area contributed by atoms with Crippen LogP contribution in [0.25, 0.3) is 0 Å². The molecule has 0 bridgehead atoms. The van der Waals surface area contributed by atoms with E-state index >= 15 is 0 Å². The number of pyridine rings is 1. The van der Waals surface area contributed by atoms with E-state index in [1.807, 2.05) is 0 Å². The molecule has 0 fully saturated rings. The van der Waals surface area contributed by atoms with E-state index in [1.54, 1.807) is 0 Å². The van der Waals surface area contributed by atoms with Crippen LogP contribution < -0.4 is 4.74 Å². The second-order valence-corrected chi connectivity index (χ2v) is 3.91. The maximum Gasteiger partial charge on any atom is 0.419 e. The van der Waals surface area contributed by atoms with Gasteiger partial charge in [-0.2, -0.15) is 13.2 Å². The lowest BCUT2D eigenvalue weighted by atomic mass is 10.2. The number of carbonyl (C=O) groups is 1. The van der Waals surface area contributed by atoms with Crippen LogP contribution >= 0.6 is 0 Å². The number of hydrogen-bond acceptors (Lipinski definition) is 3. The molecule has 0 spiro atoms. The van der Waals surface area contributed by atoms with Crippen LogP contribution in [-0.2, 0) is 6.18 Å². The van der Waals surface area contributed by atoms with Gasteiger partial charge in [-0.1, -0.05) is 12.1 Å². The molecule has 1 aromatic carbocycles. The van der Waals surface area contributed by atoms with Gasteiger partial charge >= 0.3 is 12.1 Å². The predicted octanol–water partition coefficient (Wildman–Crippen LogP) is 3.73. The van der Waals surface area contributed by atoms with Crippen molar-refractivity contribution in [3.8, 4) is 11.6 Å². The lowest BCUT2D eigenvalue weighted by molar-refractivity contribution is -0.138. The Morgan fingerprint density at radius 3 is 2.52 bits per heavy atom. The van der Waals surface area contributed by atoms with E-state index in [1.165, 1.54) is 6.07 Å². The number of aromatic carboxylic acids is 1. The summed E-state index contributed by atoms with van der Waals surface area (Å²) in [6.45, 7) is 0. The summed E-state index contributed by atoms with van der Waals surface area (Å²) in [5, 5.41) is 8.89. The van der Waals surface area contributed by atoms with E-state index in [0.29, 0.717) is 12.3 Å². The fourth-order valence-corrected chi connectivity index (χ4v) is 1.56. The minimum atomic E-state index is -4.68. The largest absolute Gasteiger partial charge is 0.477 e. The van der Waals surface area contributed by atoms with Gasteiger partial charge in [-0.25, -0.2) is 14.2 Å². The number of rotatable bonds is 3. The fourth-order valence-electron chi connectivity index (χ4n) is 1.56. The first-order valence-electron chi connectivity index (χ1n) is 5.52. The van der Waals surface area contributed by atoms with Crippen LogP contribution in [0.2, 0.25) is 0 Å². The van der Waals surface area contributed by atoms with Crippen LogP contribution in [0, 0.1) is 5.82 Å². The maximum absolute atomic E-state index is 13.0. The molecule has 0 atom stereocenters. The number of aromatic nitrogens is 1. The Morgan fingerprint density at radius 1 is 1.24 bits per heavy atom. The zero-order chi connectivity index (χ0) is 15.6. The summed E-state index contributed by atoms with van der Waals surface area (Å²) in [6.07, 6.45) is -4.03. The van der Waals surface area contributed by atoms with Crippen LogP contribution in [-0.4, -0.2) is 16.1 Å². The second-order valence-electron chi connectivity index (χ2n) is 3.91. The minimum Gasteiger partial charge on any atom is -0.477 e. The van der Waals surface area contributed by atoms with Gasteiger partial charge in [0.15, 0.2) is 0 Å². The molecule has 2 aromatic rings. The first kappa shape index (κ1) is 14.8. The summed E-state index contributed by atoms with van der Waals surface area (Å²) in [6, 6.07) is 4.85. The van der Waals surface area contributed by atoms with Gasteiger partial charge in [0.25, 0.3) is 0 Å². The smallest absolute Gasteiger partial charge is 0.419 e. The first-order valence-corrected chi connectivity index (χ1v) is 5.52. The summed E-state index contributed by atoms with van der Waals surface area (Å²) in [5.41, 5.74) is -1.76. The molecule has 0 aliphatic heterocycles. The van der Waals surface area contributed by atoms with Gasteiger partial charge in [0, 0.05) is 0 Å². The Balaban J connectivity index is 2.47. The van der Waals surface area contributed by atoms with Crippen LogP contribution in [0.5, 0.6) is 11.6 Å². The summed E-state index contributed by atoms with van der Waals surface area (Å²) in [5.74, 6) is -3.75. The van der Waals surface area contributed by atoms with Gasteiger partial charge in [0.2, 0.25) is 5.88 Å². The number of alkyl halides is 3. The van der Waals surface area contributed by atoms with Crippen molar-refractivity contribution in [2.75, 3.05) is 0 Å². The Labute approximate surface area is 115 Å². The topological polar surface area (TPSA) is 59.4 Å². The molecule has 0 aliphatic carbocycles. The minimum absolute atomic E-state index is 0.612. The van der Waals surface area contributed by atoms with Gasteiger partial charge < -0.3 is 9.84 Å². The van der Waals surface area contributed by atoms with Gasteiger partial charge in [0.1, 0.15) is 17.1 Å². The van der Waals surface area contributed by atoms with Crippen LogP contribution in [0.15, 0.2) is 36.5 Å². The third-order valence-corrected chi connectivity index (χ3v) is 2.45. The normalized spacial score (nSPS) is 11.2. The van der Waals surface area contributed by atoms with Crippen LogP contribution in [0.3, 0.4) is 0 Å². The SMILES string of the molecule is O=C(O)c1cc(F)cnc1Oc1ccccc1C(F)(F)F. The van der Waals surface area contributed by atoms with E-state index in [2.05, 4.69) is 4.98 Å². The van der Waals surface area contributed by atoms with Gasteiger partial charge in [0.05, 0.1) is 11.8 Å². The molecule has 0 radical (unpaired) electrons. The monoisotopic (exact) mass is 301 g/mol. The third kappa shape index (κ3) is 3.28. The summed E-state index contributed by atoms with van der Waals surface area (Å²) in [4.78, 5) is 14.3. The number of hydrogen-bond donors (Lipinski definition) is 1. The fraction of sp³-hybridized carbons (Fsp3) is 0.0769. The Bertz CT molecular complexity index is 685. The predicted molar refractivity (Wildman–Crippen MR) is 62.7 cm³/mol. The lowest BCUT2D eigenvalue weighted by Crippen LogP contribution is -2.09. The number of para-hydroxylation sites is 1. The van der Waals surface area contributed by atoms with E-state index < -0.39 is 40.7 Å². The highest BCUT2D eigenvalue weighted by Gasteiger charge is 2.34. The van der Waals surface area contributed by atoms with Crippen molar-refractivity contribution in [3.63, 3.8) is 0 Å². The number of halogens is 4. The molecule has 21 heavy (non-hydrogen) atoms. The maximum atomic E-state index is 13.0. The Morgan fingerprint density at radius 2 is 1.90 bits per heavy atom. The average molecular weight is 301 g/mol. The number of benzene rings is 1. The van der Waals surface area contributed by atoms with Gasteiger partial charge in [-0.05, 0) is 18.2 Å². The molecular formula is C13H7F4NO3. The summed E-state index contributed by atoms with van der Waals surface area (Å²) >= 11 is 0. The van der Waals surface area contributed by atoms with Crippen molar-refractivity contribution in [1.82, 2.24) is 4.98 Å². The van der Waals surface area contributed by atoms with Crippen LogP contribution in [0.4, 0.5) is 17.6 Å². The van der Waals surface area contributed by atoms with Crippen molar-refractivity contribution in [1.29, 1.82) is 0 Å². The molecule has 0 unspecified atom stereocenters. The quantitative estimate of drug-likeness (QED) is 0.878. The molecule has 8 heteroatoms. The summed E-state index contributed by atoms with van der Waals surface area (Å²) < 4.78 is 56.3. The zero-order valence-electron chi connectivity index (χ0n) is 10.2. The van der Waals surface area contributed by atoms with Crippen molar-refractivity contribution in [3.05, 3.63) is 53.5 Å². The molecule has 0 saturated heterocycles. The molecule has 110 valence electrons. The molecular weight excluding hydrogens is 294 g/mol. The van der Waals surface area contributed by atoms with Crippen molar-refractivity contribution >= 4 is 5.97 Å². The Hall–Kier alpha value is -2.64. The molecule has 0 saturated carbocycles. The number of nitrogens with zero attached hydrogens (tertiary/aromatic N) is 1. The molecule has 1 heterocycles. The highest BCUT2D eigenvalue weighted by atomic mass is 19.4.